The molecular formula is C14H17N3O3. The van der Waals surface area contributed by atoms with Gasteiger partial charge in [0, 0.05) is 30.6 Å². The van der Waals surface area contributed by atoms with Gasteiger partial charge in [-0.3, -0.25) is 4.79 Å². The number of amides is 3. The van der Waals surface area contributed by atoms with Crippen LogP contribution in [0.3, 0.4) is 0 Å². The van der Waals surface area contributed by atoms with Gasteiger partial charge in [0.1, 0.15) is 0 Å². The van der Waals surface area contributed by atoms with Crippen molar-refractivity contribution < 1.29 is 14.7 Å². The number of carbonyl (C=O) groups excluding carboxylic acids is 2. The smallest absolute Gasteiger partial charge is 0.312 e. The first-order valence-corrected chi connectivity index (χ1v) is 6.15. The van der Waals surface area contributed by atoms with Crippen LogP contribution in [0.2, 0.25) is 0 Å². The molecule has 5 N–H and O–H groups in total. The summed E-state index contributed by atoms with van der Waals surface area (Å²) in [4.78, 5) is 22.3. The molecule has 0 atom stereocenters. The lowest BCUT2D eigenvalue weighted by Crippen LogP contribution is -2.37. The number of carbonyl (C=O) groups is 2. The predicted octanol–water partition coefficient (Wildman–Crippen LogP) is -0.181. The van der Waals surface area contributed by atoms with Crippen LogP contribution in [0.1, 0.15) is 22.3 Å². The highest BCUT2D eigenvalue weighted by Crippen LogP contribution is 2.04. The van der Waals surface area contributed by atoms with Gasteiger partial charge in [0.2, 0.25) is 0 Å². The fourth-order valence-electron chi connectivity index (χ4n) is 1.42. The summed E-state index contributed by atoms with van der Waals surface area (Å²) in [5, 5.41) is 13.7. The second-order valence-electron chi connectivity index (χ2n) is 3.90. The van der Waals surface area contributed by atoms with Crippen molar-refractivity contribution in [3.8, 4) is 11.8 Å². The number of urea groups is 1. The van der Waals surface area contributed by atoms with Crippen molar-refractivity contribution in [3.05, 3.63) is 35.4 Å². The van der Waals surface area contributed by atoms with Gasteiger partial charge in [0.05, 0.1) is 6.61 Å². The molecule has 3 amide bonds. The number of nitrogens with one attached hydrogen (secondary N) is 2. The summed E-state index contributed by atoms with van der Waals surface area (Å²) in [6.07, 6.45) is 0.398. The Balaban J connectivity index is 2.54. The molecule has 0 aliphatic carbocycles. The van der Waals surface area contributed by atoms with Gasteiger partial charge < -0.3 is 21.5 Å². The average Bonchev–Trinajstić information content (AvgIpc) is 2.44. The summed E-state index contributed by atoms with van der Waals surface area (Å²) < 4.78 is 0. The number of nitrogens with two attached hydrogens (primary N) is 1. The van der Waals surface area contributed by atoms with E-state index in [1.54, 1.807) is 24.3 Å². The van der Waals surface area contributed by atoms with Crippen LogP contribution in [0.15, 0.2) is 24.3 Å². The Hall–Kier alpha value is -2.52. The summed E-state index contributed by atoms with van der Waals surface area (Å²) in [6.45, 7) is 0.583. The number of primary amides is 1. The SMILES string of the molecule is NC(=O)NCCNC(=O)c1cccc(C#CCCO)c1. The molecule has 0 saturated carbocycles. The number of hydrogen-bond donors (Lipinski definition) is 4. The van der Waals surface area contributed by atoms with Crippen molar-refractivity contribution in [2.45, 2.75) is 6.42 Å². The van der Waals surface area contributed by atoms with Gasteiger partial charge in [0.25, 0.3) is 5.91 Å². The molecule has 0 bridgehead atoms. The van der Waals surface area contributed by atoms with E-state index in [0.717, 1.165) is 0 Å². The maximum absolute atomic E-state index is 11.8. The maximum atomic E-state index is 11.8. The zero-order chi connectivity index (χ0) is 14.8. The van der Waals surface area contributed by atoms with E-state index in [0.29, 0.717) is 24.1 Å². The van der Waals surface area contributed by atoms with Gasteiger partial charge >= 0.3 is 6.03 Å². The number of benzene rings is 1. The van der Waals surface area contributed by atoms with Crippen LogP contribution < -0.4 is 16.4 Å². The topological polar surface area (TPSA) is 104 Å². The van der Waals surface area contributed by atoms with Crippen LogP contribution in [0.4, 0.5) is 4.79 Å². The zero-order valence-corrected chi connectivity index (χ0v) is 11.0. The van der Waals surface area contributed by atoms with E-state index in [1.165, 1.54) is 0 Å². The van der Waals surface area contributed by atoms with Crippen LogP contribution in [0, 0.1) is 11.8 Å². The lowest BCUT2D eigenvalue weighted by molar-refractivity contribution is 0.0954. The number of rotatable bonds is 5. The molecule has 0 heterocycles. The molecule has 20 heavy (non-hydrogen) atoms. The summed E-state index contributed by atoms with van der Waals surface area (Å²) >= 11 is 0. The van der Waals surface area contributed by atoms with Crippen molar-refractivity contribution in [2.24, 2.45) is 5.73 Å². The van der Waals surface area contributed by atoms with Crippen molar-refractivity contribution in [3.63, 3.8) is 0 Å². The Morgan fingerprint density at radius 3 is 2.70 bits per heavy atom. The minimum absolute atomic E-state index is 0.0139. The van der Waals surface area contributed by atoms with Crippen LogP contribution in [-0.4, -0.2) is 36.7 Å². The highest BCUT2D eigenvalue weighted by molar-refractivity contribution is 5.94. The monoisotopic (exact) mass is 275 g/mol. The summed E-state index contributed by atoms with van der Waals surface area (Å²) in [6, 6.07) is 6.24. The first-order chi connectivity index (χ1) is 9.63. The van der Waals surface area contributed by atoms with E-state index in [9.17, 15) is 9.59 Å². The first-order valence-electron chi connectivity index (χ1n) is 6.15. The molecule has 0 fully saturated rings. The average molecular weight is 275 g/mol. The molecule has 6 heteroatoms. The lowest BCUT2D eigenvalue weighted by Gasteiger charge is -2.05. The Morgan fingerprint density at radius 1 is 1.25 bits per heavy atom. The van der Waals surface area contributed by atoms with E-state index in [4.69, 9.17) is 10.8 Å². The second kappa shape index (κ2) is 8.56. The second-order valence-corrected chi connectivity index (χ2v) is 3.90. The quantitative estimate of drug-likeness (QED) is 0.442. The molecule has 0 aliphatic rings. The minimum Gasteiger partial charge on any atom is -0.395 e. The number of aliphatic hydroxyl groups is 1. The van der Waals surface area contributed by atoms with Gasteiger partial charge in [0.15, 0.2) is 0 Å². The molecule has 0 aliphatic heterocycles. The van der Waals surface area contributed by atoms with E-state index < -0.39 is 6.03 Å². The van der Waals surface area contributed by atoms with Gasteiger partial charge in [-0.2, -0.15) is 0 Å². The van der Waals surface area contributed by atoms with Crippen molar-refractivity contribution in [1.82, 2.24) is 10.6 Å². The molecule has 0 saturated heterocycles. The Bertz CT molecular complexity index is 532. The van der Waals surface area contributed by atoms with Gasteiger partial charge in [-0.15, -0.1) is 0 Å². The summed E-state index contributed by atoms with van der Waals surface area (Å²) in [7, 11) is 0. The third kappa shape index (κ3) is 5.89. The Kier molecular flexibility index (Phi) is 6.65. The molecule has 0 spiro atoms. The third-order valence-electron chi connectivity index (χ3n) is 2.30. The van der Waals surface area contributed by atoms with Crippen molar-refractivity contribution in [1.29, 1.82) is 0 Å². The molecule has 1 aromatic rings. The van der Waals surface area contributed by atoms with E-state index in [1.807, 2.05) is 0 Å². The molecule has 0 radical (unpaired) electrons. The Morgan fingerprint density at radius 2 is 2.00 bits per heavy atom. The minimum atomic E-state index is -0.625. The van der Waals surface area contributed by atoms with Crippen molar-refractivity contribution >= 4 is 11.9 Å². The molecular weight excluding hydrogens is 258 g/mol. The number of hydrogen-bond acceptors (Lipinski definition) is 3. The van der Waals surface area contributed by atoms with Gasteiger partial charge in [-0.1, -0.05) is 17.9 Å². The predicted molar refractivity (Wildman–Crippen MR) is 74.9 cm³/mol. The fourth-order valence-corrected chi connectivity index (χ4v) is 1.42. The highest BCUT2D eigenvalue weighted by atomic mass is 16.2. The van der Waals surface area contributed by atoms with E-state index in [2.05, 4.69) is 22.5 Å². The summed E-state index contributed by atoms with van der Waals surface area (Å²) in [5.74, 6) is 5.40. The standard InChI is InChI=1S/C14H17N3O3/c15-14(20)17-8-7-16-13(19)12-6-3-5-11(10-12)4-1-2-9-18/h3,5-6,10,18H,2,7-9H2,(H,16,19)(H3,15,17,20). The van der Waals surface area contributed by atoms with Gasteiger partial charge in [-0.25, -0.2) is 4.79 Å². The van der Waals surface area contributed by atoms with Crippen LogP contribution in [0.25, 0.3) is 0 Å². The zero-order valence-electron chi connectivity index (χ0n) is 11.0. The third-order valence-corrected chi connectivity index (χ3v) is 2.30. The lowest BCUT2D eigenvalue weighted by atomic mass is 10.1. The normalized spacial score (nSPS) is 9.25. The van der Waals surface area contributed by atoms with Crippen LogP contribution in [-0.2, 0) is 0 Å². The largest absolute Gasteiger partial charge is 0.395 e. The Labute approximate surface area is 117 Å². The molecule has 0 aromatic heterocycles. The summed E-state index contributed by atoms with van der Waals surface area (Å²) in [5.41, 5.74) is 6.10. The van der Waals surface area contributed by atoms with E-state index in [-0.39, 0.29) is 19.1 Å². The molecule has 6 nitrogen and oxygen atoms in total. The fraction of sp³-hybridized carbons (Fsp3) is 0.286. The van der Waals surface area contributed by atoms with Crippen LogP contribution >= 0.6 is 0 Å². The molecule has 1 aromatic carbocycles. The molecule has 106 valence electrons. The van der Waals surface area contributed by atoms with Gasteiger partial charge in [-0.05, 0) is 18.2 Å². The maximum Gasteiger partial charge on any atom is 0.312 e. The first kappa shape index (κ1) is 15.5. The highest BCUT2D eigenvalue weighted by Gasteiger charge is 2.04. The van der Waals surface area contributed by atoms with Crippen molar-refractivity contribution in [2.75, 3.05) is 19.7 Å². The van der Waals surface area contributed by atoms with E-state index >= 15 is 0 Å². The molecule has 0 unspecified atom stereocenters. The van der Waals surface area contributed by atoms with Crippen LogP contribution in [0.5, 0.6) is 0 Å². The molecule has 1 rings (SSSR count). The number of aliphatic hydroxyl groups excluding tert-OH is 1.